The summed E-state index contributed by atoms with van der Waals surface area (Å²) in [4.78, 5) is 25.8. The van der Waals surface area contributed by atoms with E-state index in [1.54, 1.807) is 19.5 Å². The molecule has 0 N–H and O–H groups in total. The van der Waals surface area contributed by atoms with Crippen molar-refractivity contribution in [2.45, 2.75) is 0 Å². The number of nitrogens with zero attached hydrogens (tertiary/aromatic N) is 4. The van der Waals surface area contributed by atoms with E-state index in [1.165, 1.54) is 0 Å². The van der Waals surface area contributed by atoms with Gasteiger partial charge in [-0.05, 0) is 30.3 Å². The highest BCUT2D eigenvalue weighted by atomic mass is 16.5. The van der Waals surface area contributed by atoms with Gasteiger partial charge in [0.2, 0.25) is 0 Å². The second kappa shape index (κ2) is 7.09. The maximum Gasteiger partial charge on any atom is 0.254 e. The maximum absolute atomic E-state index is 12.8. The van der Waals surface area contributed by atoms with E-state index < -0.39 is 0 Å². The molecule has 0 bridgehead atoms. The summed E-state index contributed by atoms with van der Waals surface area (Å²) in [5.74, 6) is 1.47. The highest BCUT2D eigenvalue weighted by Gasteiger charge is 2.25. The zero-order valence-electron chi connectivity index (χ0n) is 16.0. The molecule has 0 radical (unpaired) electrons. The van der Waals surface area contributed by atoms with Gasteiger partial charge in [0.15, 0.2) is 11.4 Å². The molecule has 1 amide bonds. The number of rotatable bonds is 3. The van der Waals surface area contributed by atoms with Crippen LogP contribution < -0.4 is 9.64 Å². The third-order valence-electron chi connectivity index (χ3n) is 5.32. The van der Waals surface area contributed by atoms with Gasteiger partial charge >= 0.3 is 0 Å². The van der Waals surface area contributed by atoms with Gasteiger partial charge in [0.05, 0.1) is 7.11 Å². The van der Waals surface area contributed by atoms with Crippen molar-refractivity contribution in [1.82, 2.24) is 14.9 Å². The fourth-order valence-corrected chi connectivity index (χ4v) is 3.80. The lowest BCUT2D eigenvalue weighted by atomic mass is 10.1. The van der Waals surface area contributed by atoms with E-state index in [0.29, 0.717) is 43.1 Å². The monoisotopic (exact) mass is 388 g/mol. The first kappa shape index (κ1) is 17.5. The van der Waals surface area contributed by atoms with Crippen LogP contribution in [0.3, 0.4) is 0 Å². The topological polar surface area (TPSA) is 71.7 Å². The molecule has 1 fully saturated rings. The third-order valence-corrected chi connectivity index (χ3v) is 5.32. The van der Waals surface area contributed by atoms with Crippen LogP contribution in [0.4, 0.5) is 5.82 Å². The molecule has 1 aliphatic rings. The van der Waals surface area contributed by atoms with Gasteiger partial charge in [0.1, 0.15) is 23.2 Å². The Morgan fingerprint density at radius 2 is 1.86 bits per heavy atom. The molecule has 1 aliphatic heterocycles. The Balaban J connectivity index is 1.37. The van der Waals surface area contributed by atoms with Gasteiger partial charge in [-0.2, -0.15) is 0 Å². The number of methoxy groups -OCH3 is 1. The fourth-order valence-electron chi connectivity index (χ4n) is 3.80. The first-order chi connectivity index (χ1) is 14.2. The Kier molecular flexibility index (Phi) is 4.27. The van der Waals surface area contributed by atoms with E-state index in [1.807, 2.05) is 47.4 Å². The minimum absolute atomic E-state index is 0.0140. The highest BCUT2D eigenvalue weighted by molar-refractivity contribution is 6.05. The SMILES string of the molecule is COc1cccc(C(=O)N2CCN(c3ncnc4c3oc3ccccc34)CC2)c1. The molecule has 4 aromatic rings. The molecule has 0 spiro atoms. The molecule has 3 heterocycles. The minimum Gasteiger partial charge on any atom is -0.497 e. The van der Waals surface area contributed by atoms with Gasteiger partial charge in [0.25, 0.3) is 5.91 Å². The van der Waals surface area contributed by atoms with Crippen molar-refractivity contribution >= 4 is 33.8 Å². The highest BCUT2D eigenvalue weighted by Crippen LogP contribution is 2.32. The number of hydrogen-bond acceptors (Lipinski definition) is 6. The van der Waals surface area contributed by atoms with Crippen LogP contribution in [0.25, 0.3) is 22.1 Å². The third kappa shape index (κ3) is 3.04. The quantitative estimate of drug-likeness (QED) is 0.536. The summed E-state index contributed by atoms with van der Waals surface area (Å²) in [5, 5.41) is 0.984. The van der Waals surface area contributed by atoms with Crippen LogP contribution >= 0.6 is 0 Å². The standard InChI is InChI=1S/C22H20N4O3/c1-28-16-6-4-5-15(13-16)22(27)26-11-9-25(10-12-26)21-20-19(23-14-24-21)17-7-2-3-8-18(17)29-20/h2-8,13-14H,9-12H2,1H3. The Morgan fingerprint density at radius 3 is 2.69 bits per heavy atom. The molecule has 2 aromatic heterocycles. The number of aromatic nitrogens is 2. The van der Waals surface area contributed by atoms with Crippen LogP contribution in [0.15, 0.2) is 59.3 Å². The number of para-hydroxylation sites is 1. The number of amides is 1. The molecule has 0 aliphatic carbocycles. The molecule has 0 saturated carbocycles. The molecule has 0 atom stereocenters. The Morgan fingerprint density at radius 1 is 1.03 bits per heavy atom. The first-order valence-corrected chi connectivity index (χ1v) is 9.55. The number of carbonyl (C=O) groups excluding carboxylic acids is 1. The summed E-state index contributed by atoms with van der Waals surface area (Å²) in [7, 11) is 1.60. The number of anilines is 1. The van der Waals surface area contributed by atoms with Gasteiger partial charge in [-0.15, -0.1) is 0 Å². The van der Waals surface area contributed by atoms with E-state index in [2.05, 4.69) is 14.9 Å². The van der Waals surface area contributed by atoms with Crippen LogP contribution in [0.2, 0.25) is 0 Å². The molecule has 1 saturated heterocycles. The van der Waals surface area contributed by atoms with Crippen molar-refractivity contribution in [2.24, 2.45) is 0 Å². The molecular weight excluding hydrogens is 368 g/mol. The van der Waals surface area contributed by atoms with Crippen LogP contribution in [-0.4, -0.2) is 54.1 Å². The van der Waals surface area contributed by atoms with E-state index in [9.17, 15) is 4.79 Å². The van der Waals surface area contributed by atoms with Crippen LogP contribution in [0, 0.1) is 0 Å². The number of ether oxygens (including phenoxy) is 1. The second-order valence-electron chi connectivity index (χ2n) is 6.98. The largest absolute Gasteiger partial charge is 0.497 e. The van der Waals surface area contributed by atoms with Crippen LogP contribution in [0.1, 0.15) is 10.4 Å². The molecule has 7 heteroatoms. The number of benzene rings is 2. The van der Waals surface area contributed by atoms with E-state index >= 15 is 0 Å². The van der Waals surface area contributed by atoms with Crippen molar-refractivity contribution in [3.8, 4) is 5.75 Å². The van der Waals surface area contributed by atoms with E-state index in [-0.39, 0.29) is 5.91 Å². The first-order valence-electron chi connectivity index (χ1n) is 9.55. The zero-order chi connectivity index (χ0) is 19.8. The van der Waals surface area contributed by atoms with Crippen molar-refractivity contribution in [3.63, 3.8) is 0 Å². The molecule has 2 aromatic carbocycles. The normalized spacial score (nSPS) is 14.5. The van der Waals surface area contributed by atoms with Crippen molar-refractivity contribution in [1.29, 1.82) is 0 Å². The summed E-state index contributed by atoms with van der Waals surface area (Å²) in [6.45, 7) is 2.58. The average Bonchev–Trinajstić information content (AvgIpc) is 3.17. The molecular formula is C22H20N4O3. The molecule has 29 heavy (non-hydrogen) atoms. The second-order valence-corrected chi connectivity index (χ2v) is 6.98. The summed E-state index contributed by atoms with van der Waals surface area (Å²) in [5.41, 5.74) is 2.96. The number of fused-ring (bicyclic) bond motifs is 3. The molecule has 0 unspecified atom stereocenters. The fraction of sp³-hybridized carbons (Fsp3) is 0.227. The average molecular weight is 388 g/mol. The predicted molar refractivity (Wildman–Crippen MR) is 110 cm³/mol. The van der Waals surface area contributed by atoms with Crippen molar-refractivity contribution < 1.29 is 13.9 Å². The number of furan rings is 1. The van der Waals surface area contributed by atoms with Crippen LogP contribution in [0.5, 0.6) is 5.75 Å². The Hall–Kier alpha value is -3.61. The molecule has 146 valence electrons. The lowest BCUT2D eigenvalue weighted by molar-refractivity contribution is 0.0746. The molecule has 5 rings (SSSR count). The zero-order valence-corrected chi connectivity index (χ0v) is 16.0. The molecule has 7 nitrogen and oxygen atoms in total. The van der Waals surface area contributed by atoms with E-state index in [0.717, 1.165) is 22.3 Å². The minimum atomic E-state index is 0.0140. The van der Waals surface area contributed by atoms with Gasteiger partial charge in [0, 0.05) is 37.1 Å². The van der Waals surface area contributed by atoms with Crippen LogP contribution in [-0.2, 0) is 0 Å². The summed E-state index contributed by atoms with van der Waals surface area (Å²) in [6.07, 6.45) is 1.58. The van der Waals surface area contributed by atoms with Crippen molar-refractivity contribution in [3.05, 3.63) is 60.4 Å². The number of carbonyl (C=O) groups is 1. The number of hydrogen-bond donors (Lipinski definition) is 0. The lowest BCUT2D eigenvalue weighted by Gasteiger charge is -2.35. The predicted octanol–water partition coefficient (Wildman–Crippen LogP) is 3.35. The maximum atomic E-state index is 12.8. The summed E-state index contributed by atoms with van der Waals surface area (Å²) in [6, 6.07) is 15.1. The van der Waals surface area contributed by atoms with Gasteiger partial charge < -0.3 is 19.0 Å². The summed E-state index contributed by atoms with van der Waals surface area (Å²) >= 11 is 0. The van der Waals surface area contributed by atoms with Gasteiger partial charge in [-0.3, -0.25) is 4.79 Å². The smallest absolute Gasteiger partial charge is 0.254 e. The lowest BCUT2D eigenvalue weighted by Crippen LogP contribution is -2.49. The number of piperazine rings is 1. The Labute approximate surface area is 167 Å². The van der Waals surface area contributed by atoms with Gasteiger partial charge in [-0.1, -0.05) is 18.2 Å². The van der Waals surface area contributed by atoms with E-state index in [4.69, 9.17) is 9.15 Å². The summed E-state index contributed by atoms with van der Waals surface area (Å²) < 4.78 is 11.3. The van der Waals surface area contributed by atoms with Gasteiger partial charge in [-0.25, -0.2) is 9.97 Å². The Bertz CT molecular complexity index is 1200. The van der Waals surface area contributed by atoms with Crippen molar-refractivity contribution in [2.75, 3.05) is 38.2 Å².